The molecular formula is C13H14FN3. The van der Waals surface area contributed by atoms with Crippen molar-refractivity contribution in [2.24, 2.45) is 0 Å². The lowest BCUT2D eigenvalue weighted by Gasteiger charge is -2.16. The van der Waals surface area contributed by atoms with Gasteiger partial charge >= 0.3 is 0 Å². The third kappa shape index (κ3) is 2.46. The van der Waals surface area contributed by atoms with E-state index in [1.165, 1.54) is 6.20 Å². The maximum atomic E-state index is 13.4. The largest absolute Gasteiger partial charge is 0.240 e. The average molecular weight is 231 g/mol. The molecule has 3 nitrogen and oxygen atoms in total. The monoisotopic (exact) mass is 231 g/mol. The maximum Gasteiger partial charge on any atom is 0.220 e. The molecule has 0 unspecified atom stereocenters. The summed E-state index contributed by atoms with van der Waals surface area (Å²) in [6.07, 6.45) is 4.69. The van der Waals surface area contributed by atoms with E-state index in [-0.39, 0.29) is 5.41 Å². The number of halogens is 1. The van der Waals surface area contributed by atoms with Gasteiger partial charge in [0.05, 0.1) is 0 Å². The molecule has 2 heterocycles. The van der Waals surface area contributed by atoms with Crippen LogP contribution < -0.4 is 0 Å². The van der Waals surface area contributed by atoms with Crippen molar-refractivity contribution in [1.29, 1.82) is 0 Å². The fourth-order valence-corrected chi connectivity index (χ4v) is 1.46. The molecule has 2 aromatic heterocycles. The van der Waals surface area contributed by atoms with E-state index < -0.39 is 5.95 Å². The van der Waals surface area contributed by atoms with E-state index in [0.717, 1.165) is 5.82 Å². The minimum atomic E-state index is -0.500. The molecule has 17 heavy (non-hydrogen) atoms. The first-order valence-corrected chi connectivity index (χ1v) is 5.42. The minimum absolute atomic E-state index is 0.105. The molecule has 0 N–H and O–H groups in total. The standard InChI is InChI=1S/C13H14FN3/c1-13(2,3)12-16-7-9(8-17-12)10-5-4-6-15-11(10)14/h4-8H,1-3H3. The van der Waals surface area contributed by atoms with Gasteiger partial charge in [-0.1, -0.05) is 20.8 Å². The van der Waals surface area contributed by atoms with Crippen molar-refractivity contribution >= 4 is 0 Å². The smallest absolute Gasteiger partial charge is 0.220 e. The van der Waals surface area contributed by atoms with Gasteiger partial charge in [-0.2, -0.15) is 4.39 Å². The fourth-order valence-electron chi connectivity index (χ4n) is 1.46. The summed E-state index contributed by atoms with van der Waals surface area (Å²) in [4.78, 5) is 12.1. The number of hydrogen-bond acceptors (Lipinski definition) is 3. The summed E-state index contributed by atoms with van der Waals surface area (Å²) < 4.78 is 13.4. The van der Waals surface area contributed by atoms with Crippen LogP contribution in [0.4, 0.5) is 4.39 Å². The lowest BCUT2D eigenvalue weighted by Crippen LogP contribution is -2.15. The van der Waals surface area contributed by atoms with Crippen LogP contribution in [-0.2, 0) is 5.41 Å². The molecule has 0 aliphatic heterocycles. The van der Waals surface area contributed by atoms with Crippen molar-refractivity contribution in [2.45, 2.75) is 26.2 Å². The molecule has 0 aromatic carbocycles. The van der Waals surface area contributed by atoms with Crippen molar-refractivity contribution in [1.82, 2.24) is 15.0 Å². The van der Waals surface area contributed by atoms with Crippen molar-refractivity contribution in [2.75, 3.05) is 0 Å². The highest BCUT2D eigenvalue weighted by Gasteiger charge is 2.17. The Hall–Kier alpha value is -1.84. The Morgan fingerprint density at radius 3 is 2.24 bits per heavy atom. The molecule has 2 aromatic rings. The molecule has 2 rings (SSSR count). The Morgan fingerprint density at radius 2 is 1.71 bits per heavy atom. The summed E-state index contributed by atoms with van der Waals surface area (Å²) in [6, 6.07) is 3.36. The van der Waals surface area contributed by atoms with Gasteiger partial charge in [-0.25, -0.2) is 15.0 Å². The van der Waals surface area contributed by atoms with Gasteiger partial charge in [0.1, 0.15) is 5.82 Å². The Morgan fingerprint density at radius 1 is 1.06 bits per heavy atom. The van der Waals surface area contributed by atoms with Crippen LogP contribution in [0.15, 0.2) is 30.7 Å². The summed E-state index contributed by atoms with van der Waals surface area (Å²) in [6.45, 7) is 6.10. The van der Waals surface area contributed by atoms with Gasteiger partial charge in [0, 0.05) is 35.1 Å². The van der Waals surface area contributed by atoms with E-state index in [9.17, 15) is 4.39 Å². The second-order valence-corrected chi connectivity index (χ2v) is 4.89. The number of nitrogens with zero attached hydrogens (tertiary/aromatic N) is 3. The topological polar surface area (TPSA) is 38.7 Å². The van der Waals surface area contributed by atoms with Crippen LogP contribution in [0.2, 0.25) is 0 Å². The fraction of sp³-hybridized carbons (Fsp3) is 0.308. The number of aromatic nitrogens is 3. The van der Waals surface area contributed by atoms with E-state index in [2.05, 4.69) is 15.0 Å². The van der Waals surface area contributed by atoms with E-state index in [4.69, 9.17) is 0 Å². The highest BCUT2D eigenvalue weighted by Crippen LogP contribution is 2.22. The molecule has 0 amide bonds. The molecule has 0 radical (unpaired) electrons. The maximum absolute atomic E-state index is 13.4. The zero-order valence-electron chi connectivity index (χ0n) is 10.1. The van der Waals surface area contributed by atoms with Gasteiger partial charge in [0.15, 0.2) is 0 Å². The van der Waals surface area contributed by atoms with Crippen LogP contribution >= 0.6 is 0 Å². The third-order valence-corrected chi connectivity index (χ3v) is 2.39. The van der Waals surface area contributed by atoms with Crippen LogP contribution in [0.25, 0.3) is 11.1 Å². The van der Waals surface area contributed by atoms with Gasteiger partial charge in [-0.05, 0) is 12.1 Å². The summed E-state index contributed by atoms with van der Waals surface area (Å²) in [5.41, 5.74) is 0.961. The molecule has 0 atom stereocenters. The van der Waals surface area contributed by atoms with Crippen LogP contribution in [0, 0.1) is 5.95 Å². The molecule has 0 aliphatic carbocycles. The average Bonchev–Trinajstić information content (AvgIpc) is 2.29. The summed E-state index contributed by atoms with van der Waals surface area (Å²) >= 11 is 0. The lowest BCUT2D eigenvalue weighted by atomic mass is 9.95. The predicted octanol–water partition coefficient (Wildman–Crippen LogP) is 2.98. The summed E-state index contributed by atoms with van der Waals surface area (Å²) in [5, 5.41) is 0. The molecular weight excluding hydrogens is 217 g/mol. The molecule has 0 bridgehead atoms. The second kappa shape index (κ2) is 4.20. The molecule has 0 fully saturated rings. The predicted molar refractivity (Wildman–Crippen MR) is 63.9 cm³/mol. The van der Waals surface area contributed by atoms with Gasteiger partial charge < -0.3 is 0 Å². The molecule has 4 heteroatoms. The zero-order valence-corrected chi connectivity index (χ0v) is 10.1. The highest BCUT2D eigenvalue weighted by atomic mass is 19.1. The molecule has 0 spiro atoms. The van der Waals surface area contributed by atoms with Gasteiger partial charge in [-0.15, -0.1) is 0 Å². The van der Waals surface area contributed by atoms with Crippen LogP contribution in [0.3, 0.4) is 0 Å². The van der Waals surface area contributed by atoms with Crippen molar-refractivity contribution in [3.05, 3.63) is 42.5 Å². The van der Waals surface area contributed by atoms with E-state index in [1.807, 2.05) is 20.8 Å². The highest BCUT2D eigenvalue weighted by molar-refractivity contribution is 5.60. The lowest BCUT2D eigenvalue weighted by molar-refractivity contribution is 0.545. The van der Waals surface area contributed by atoms with E-state index in [1.54, 1.807) is 24.5 Å². The van der Waals surface area contributed by atoms with Crippen molar-refractivity contribution in [3.8, 4) is 11.1 Å². The molecule has 0 aliphatic rings. The van der Waals surface area contributed by atoms with Crippen LogP contribution in [-0.4, -0.2) is 15.0 Å². The zero-order chi connectivity index (χ0) is 12.5. The van der Waals surface area contributed by atoms with Gasteiger partial charge in [-0.3, -0.25) is 0 Å². The molecule has 88 valence electrons. The summed E-state index contributed by atoms with van der Waals surface area (Å²) in [7, 11) is 0. The van der Waals surface area contributed by atoms with Gasteiger partial charge in [0.2, 0.25) is 5.95 Å². The quantitative estimate of drug-likeness (QED) is 0.708. The number of rotatable bonds is 1. The number of pyridine rings is 1. The van der Waals surface area contributed by atoms with Gasteiger partial charge in [0.25, 0.3) is 0 Å². The summed E-state index contributed by atoms with van der Waals surface area (Å²) in [5.74, 6) is 0.241. The first-order chi connectivity index (χ1) is 7.98. The Balaban J connectivity index is 2.40. The Bertz CT molecular complexity index is 515. The SMILES string of the molecule is CC(C)(C)c1ncc(-c2cccnc2F)cn1. The second-order valence-electron chi connectivity index (χ2n) is 4.89. The van der Waals surface area contributed by atoms with Crippen molar-refractivity contribution < 1.29 is 4.39 Å². The first-order valence-electron chi connectivity index (χ1n) is 5.42. The molecule has 0 saturated heterocycles. The third-order valence-electron chi connectivity index (χ3n) is 2.39. The van der Waals surface area contributed by atoms with Crippen LogP contribution in [0.1, 0.15) is 26.6 Å². The Labute approximate surface area is 99.8 Å². The number of hydrogen-bond donors (Lipinski definition) is 0. The Kier molecular flexibility index (Phi) is 2.88. The normalized spacial score (nSPS) is 11.5. The van der Waals surface area contributed by atoms with Crippen molar-refractivity contribution in [3.63, 3.8) is 0 Å². The van der Waals surface area contributed by atoms with Crippen LogP contribution in [0.5, 0.6) is 0 Å². The first kappa shape index (κ1) is 11.6. The molecule has 0 saturated carbocycles. The van der Waals surface area contributed by atoms with E-state index in [0.29, 0.717) is 11.1 Å². The van der Waals surface area contributed by atoms with E-state index >= 15 is 0 Å². The minimum Gasteiger partial charge on any atom is -0.240 e.